The van der Waals surface area contributed by atoms with Crippen molar-refractivity contribution in [3.63, 3.8) is 0 Å². The van der Waals surface area contributed by atoms with Gasteiger partial charge in [0.1, 0.15) is 17.1 Å². The van der Waals surface area contributed by atoms with Crippen molar-refractivity contribution in [1.82, 2.24) is 19.5 Å². The van der Waals surface area contributed by atoms with Crippen LogP contribution in [0.3, 0.4) is 0 Å². The highest BCUT2D eigenvalue weighted by atomic mass is 16.6. The van der Waals surface area contributed by atoms with E-state index >= 15 is 0 Å². The molecular weight excluding hydrogens is 500 g/mol. The smallest absolute Gasteiger partial charge is 0.410 e. The number of hydrogen-bond donors (Lipinski definition) is 2. The summed E-state index contributed by atoms with van der Waals surface area (Å²) in [6.07, 6.45) is 2.55. The van der Waals surface area contributed by atoms with Gasteiger partial charge in [-0.3, -0.25) is 9.69 Å². The molecule has 1 saturated heterocycles. The van der Waals surface area contributed by atoms with Crippen molar-refractivity contribution in [2.45, 2.75) is 59.1 Å². The number of nitrogens with one attached hydrogen (secondary N) is 1. The van der Waals surface area contributed by atoms with Crippen LogP contribution < -0.4 is 11.2 Å². The van der Waals surface area contributed by atoms with Crippen molar-refractivity contribution >= 4 is 23.8 Å². The lowest BCUT2D eigenvalue weighted by molar-refractivity contribution is 0.0216. The molecular formula is C28H34N6O5. The van der Waals surface area contributed by atoms with Gasteiger partial charge in [0.15, 0.2) is 11.5 Å². The molecule has 11 heteroatoms. The van der Waals surface area contributed by atoms with Crippen molar-refractivity contribution in [3.05, 3.63) is 65.2 Å². The van der Waals surface area contributed by atoms with E-state index in [0.717, 1.165) is 12.0 Å². The Bertz CT molecular complexity index is 1360. The maximum absolute atomic E-state index is 13.0. The highest BCUT2D eigenvalue weighted by molar-refractivity contribution is 6.04. The topological polar surface area (TPSA) is 142 Å². The number of nitrogens with two attached hydrogens (primary N) is 1. The van der Waals surface area contributed by atoms with Gasteiger partial charge >= 0.3 is 12.1 Å². The minimum Gasteiger partial charge on any atom is -0.461 e. The van der Waals surface area contributed by atoms with E-state index in [-0.39, 0.29) is 18.2 Å². The molecule has 206 valence electrons. The fourth-order valence-electron chi connectivity index (χ4n) is 4.36. The third kappa shape index (κ3) is 6.19. The number of rotatable bonds is 6. The Morgan fingerprint density at radius 2 is 1.85 bits per heavy atom. The summed E-state index contributed by atoms with van der Waals surface area (Å²) in [7, 11) is 0. The third-order valence-electron chi connectivity index (χ3n) is 6.16. The molecule has 0 unspecified atom stereocenters. The number of carbonyl (C=O) groups excluding carboxylic acids is 3. The van der Waals surface area contributed by atoms with Gasteiger partial charge in [-0.25, -0.2) is 24.2 Å². The molecule has 1 aliphatic rings. The number of aryl methyl sites for hydroxylation is 1. The number of benzene rings is 1. The van der Waals surface area contributed by atoms with Crippen molar-refractivity contribution in [1.29, 1.82) is 0 Å². The van der Waals surface area contributed by atoms with Crippen LogP contribution >= 0.6 is 0 Å². The Labute approximate surface area is 227 Å². The molecule has 0 bridgehead atoms. The van der Waals surface area contributed by atoms with Gasteiger partial charge in [-0.2, -0.15) is 0 Å². The molecule has 0 saturated carbocycles. The van der Waals surface area contributed by atoms with Crippen LogP contribution in [0.25, 0.3) is 11.3 Å². The number of ether oxygens (including phenoxy) is 2. The van der Waals surface area contributed by atoms with E-state index in [0.29, 0.717) is 41.4 Å². The van der Waals surface area contributed by atoms with Gasteiger partial charge in [0.05, 0.1) is 12.6 Å². The molecule has 2 aromatic heterocycles. The second-order valence-corrected chi connectivity index (χ2v) is 10.3. The summed E-state index contributed by atoms with van der Waals surface area (Å²) in [6.45, 7) is 9.66. The second kappa shape index (κ2) is 11.1. The third-order valence-corrected chi connectivity index (χ3v) is 6.16. The van der Waals surface area contributed by atoms with E-state index in [1.165, 1.54) is 4.68 Å². The fourth-order valence-corrected chi connectivity index (χ4v) is 4.36. The zero-order valence-corrected chi connectivity index (χ0v) is 22.9. The summed E-state index contributed by atoms with van der Waals surface area (Å²) in [5, 5.41) is 2.76. The Balaban J connectivity index is 1.65. The van der Waals surface area contributed by atoms with E-state index in [1.807, 2.05) is 13.0 Å². The quantitative estimate of drug-likeness (QED) is 0.349. The number of anilines is 1. The van der Waals surface area contributed by atoms with Crippen LogP contribution in [0.2, 0.25) is 0 Å². The minimum absolute atomic E-state index is 0.0592. The van der Waals surface area contributed by atoms with Crippen molar-refractivity contribution in [3.8, 4) is 11.3 Å². The minimum atomic E-state index is -0.660. The van der Waals surface area contributed by atoms with Gasteiger partial charge < -0.3 is 20.6 Å². The highest BCUT2D eigenvalue weighted by Crippen LogP contribution is 2.35. The molecule has 3 heterocycles. The lowest BCUT2D eigenvalue weighted by Crippen LogP contribution is -2.37. The number of amides is 2. The molecule has 0 radical (unpaired) electrons. The van der Waals surface area contributed by atoms with Gasteiger partial charge in [0.25, 0.3) is 5.91 Å². The number of aromatic nitrogens is 3. The maximum Gasteiger partial charge on any atom is 0.410 e. The number of pyridine rings is 1. The van der Waals surface area contributed by atoms with E-state index in [2.05, 4.69) is 10.3 Å². The number of hydrogen-bond acceptors (Lipinski definition) is 8. The number of nitrogens with zero attached hydrogens (tertiary/aromatic N) is 4. The van der Waals surface area contributed by atoms with Gasteiger partial charge in [-0.1, -0.05) is 18.2 Å². The van der Waals surface area contributed by atoms with E-state index in [9.17, 15) is 14.4 Å². The molecule has 0 aliphatic carbocycles. The van der Waals surface area contributed by atoms with Crippen LogP contribution in [0.5, 0.6) is 0 Å². The lowest BCUT2D eigenvalue weighted by Gasteiger charge is -2.28. The first-order valence-electron chi connectivity index (χ1n) is 12.9. The van der Waals surface area contributed by atoms with Crippen molar-refractivity contribution in [2.75, 3.05) is 24.3 Å². The first-order valence-corrected chi connectivity index (χ1v) is 12.9. The van der Waals surface area contributed by atoms with Gasteiger partial charge in [0, 0.05) is 23.9 Å². The highest BCUT2D eigenvalue weighted by Gasteiger charge is 2.38. The molecule has 1 aliphatic heterocycles. The fraction of sp³-hybridized carbons (Fsp3) is 0.393. The molecule has 1 fully saturated rings. The second-order valence-electron chi connectivity index (χ2n) is 10.3. The summed E-state index contributed by atoms with van der Waals surface area (Å²) in [6, 6.07) is 9.75. The molecule has 1 aromatic carbocycles. The van der Waals surface area contributed by atoms with Crippen LogP contribution in [0.4, 0.5) is 10.6 Å². The van der Waals surface area contributed by atoms with Crippen LogP contribution in [0.15, 0.2) is 42.6 Å². The summed E-state index contributed by atoms with van der Waals surface area (Å²) >= 11 is 0. The zero-order valence-electron chi connectivity index (χ0n) is 22.9. The van der Waals surface area contributed by atoms with E-state index in [4.69, 9.17) is 20.3 Å². The molecule has 0 spiro atoms. The predicted octanol–water partition coefficient (Wildman–Crippen LogP) is 4.47. The summed E-state index contributed by atoms with van der Waals surface area (Å²) < 4.78 is 12.0. The predicted molar refractivity (Wildman–Crippen MR) is 146 cm³/mol. The standard InChI is InChI=1S/C28H34N6O5/c1-6-38-26(36)23-22(18-10-12-19(13-11-18)25(35)31-21-14-9-17(2)16-30-21)32-24(34(23)29)20-8-7-15-33(20)27(37)39-28(3,4)5/h9-14,16,20H,6-8,15,29H2,1-5H3,(H,30,31,35)/t20-/m0/s1. The summed E-state index contributed by atoms with van der Waals surface area (Å²) in [4.78, 5) is 49.1. The average Bonchev–Trinajstić information content (AvgIpc) is 3.49. The van der Waals surface area contributed by atoms with Crippen molar-refractivity contribution < 1.29 is 23.9 Å². The molecule has 1 atom stereocenters. The van der Waals surface area contributed by atoms with Crippen molar-refractivity contribution in [2.24, 2.45) is 0 Å². The first kappa shape index (κ1) is 27.6. The number of esters is 1. The van der Waals surface area contributed by atoms with Gasteiger partial charge in [-0.05, 0) is 71.2 Å². The number of likely N-dealkylation sites (tertiary alicyclic amines) is 1. The monoisotopic (exact) mass is 534 g/mol. The van der Waals surface area contributed by atoms with Crippen LogP contribution in [-0.2, 0) is 9.47 Å². The molecule has 2 amide bonds. The molecule has 3 aromatic rings. The zero-order chi connectivity index (χ0) is 28.3. The Morgan fingerprint density at radius 3 is 2.46 bits per heavy atom. The SMILES string of the molecule is CCOC(=O)c1c(-c2ccc(C(=O)Nc3ccc(C)cn3)cc2)nc([C@@H]2CCCN2C(=O)OC(C)(C)C)n1N. The normalized spacial score (nSPS) is 15.2. The summed E-state index contributed by atoms with van der Waals surface area (Å²) in [5.41, 5.74) is 1.65. The number of carbonyl (C=O) groups is 3. The van der Waals surface area contributed by atoms with E-state index in [1.54, 1.807) is 69.1 Å². The molecule has 11 nitrogen and oxygen atoms in total. The van der Waals surface area contributed by atoms with Gasteiger partial charge in [-0.15, -0.1) is 0 Å². The average molecular weight is 535 g/mol. The Hall–Kier alpha value is -4.41. The van der Waals surface area contributed by atoms with Crippen LogP contribution in [0.1, 0.15) is 78.8 Å². The molecule has 39 heavy (non-hydrogen) atoms. The van der Waals surface area contributed by atoms with E-state index < -0.39 is 23.7 Å². The first-order chi connectivity index (χ1) is 18.5. The molecule has 3 N–H and O–H groups in total. The maximum atomic E-state index is 13.0. The van der Waals surface area contributed by atoms with Gasteiger partial charge in [0.2, 0.25) is 0 Å². The number of nitrogen functional groups attached to an aromatic ring is 1. The summed E-state index contributed by atoms with van der Waals surface area (Å²) in [5.74, 6) is 6.25. The number of imidazole rings is 1. The largest absolute Gasteiger partial charge is 0.461 e. The van der Waals surface area contributed by atoms with Crippen LogP contribution in [0, 0.1) is 6.92 Å². The Kier molecular flexibility index (Phi) is 7.89. The Morgan fingerprint density at radius 1 is 1.13 bits per heavy atom. The molecule has 4 rings (SSSR count). The van der Waals surface area contributed by atoms with Crippen LogP contribution in [-0.4, -0.2) is 56.3 Å². The lowest BCUT2D eigenvalue weighted by atomic mass is 10.1.